The van der Waals surface area contributed by atoms with Crippen molar-refractivity contribution < 1.29 is 4.79 Å². The Morgan fingerprint density at radius 2 is 2.00 bits per heavy atom. The Kier molecular flexibility index (Phi) is 4.04. The van der Waals surface area contributed by atoms with Crippen molar-refractivity contribution in [3.05, 3.63) is 54.5 Å². The number of H-pyrrole nitrogens is 1. The molecule has 124 valence electrons. The Hall–Kier alpha value is -2.60. The van der Waals surface area contributed by atoms with E-state index in [1.165, 1.54) is 0 Å². The van der Waals surface area contributed by atoms with Crippen molar-refractivity contribution in [2.75, 3.05) is 32.7 Å². The molecule has 0 aliphatic carbocycles. The molecule has 1 saturated heterocycles. The summed E-state index contributed by atoms with van der Waals surface area (Å²) in [5.41, 5.74) is 1.77. The zero-order chi connectivity index (χ0) is 16.4. The van der Waals surface area contributed by atoms with E-state index in [1.54, 1.807) is 6.20 Å². The molecule has 1 fully saturated rings. The lowest BCUT2D eigenvalue weighted by molar-refractivity contribution is 0.0632. The Bertz CT molecular complexity index is 815. The first-order chi connectivity index (χ1) is 11.8. The number of piperazine rings is 1. The van der Waals surface area contributed by atoms with E-state index in [0.717, 1.165) is 55.7 Å². The molecule has 3 heterocycles. The van der Waals surface area contributed by atoms with Crippen LogP contribution in [-0.2, 0) is 6.54 Å². The molecule has 1 aliphatic heterocycles. The van der Waals surface area contributed by atoms with Crippen molar-refractivity contribution >= 4 is 16.8 Å². The van der Waals surface area contributed by atoms with Crippen molar-refractivity contribution in [3.63, 3.8) is 0 Å². The fraction of sp³-hybridized carbons (Fsp3) is 0.333. The SMILES string of the molecule is O=C(c1ccc2cc[nH]c2c1)N1CCN(CCn2cccn2)CC1. The molecular formula is C18H21N5O. The van der Waals surface area contributed by atoms with E-state index in [2.05, 4.69) is 15.0 Å². The summed E-state index contributed by atoms with van der Waals surface area (Å²) in [7, 11) is 0. The van der Waals surface area contributed by atoms with Gasteiger partial charge in [0, 0.05) is 62.4 Å². The average molecular weight is 323 g/mol. The number of hydrogen-bond donors (Lipinski definition) is 1. The third-order valence-electron chi connectivity index (χ3n) is 4.67. The van der Waals surface area contributed by atoms with Gasteiger partial charge in [-0.1, -0.05) is 6.07 Å². The molecule has 1 N–H and O–H groups in total. The molecule has 4 rings (SSSR count). The quantitative estimate of drug-likeness (QED) is 0.797. The maximum Gasteiger partial charge on any atom is 0.254 e. The monoisotopic (exact) mass is 323 g/mol. The molecular weight excluding hydrogens is 302 g/mol. The second-order valence-electron chi connectivity index (χ2n) is 6.18. The van der Waals surface area contributed by atoms with Gasteiger partial charge in [-0.05, 0) is 29.7 Å². The molecule has 0 saturated carbocycles. The van der Waals surface area contributed by atoms with Crippen molar-refractivity contribution in [1.29, 1.82) is 0 Å². The van der Waals surface area contributed by atoms with Crippen molar-refractivity contribution in [3.8, 4) is 0 Å². The van der Waals surface area contributed by atoms with E-state index in [0.29, 0.717) is 0 Å². The second kappa shape index (κ2) is 6.49. The maximum atomic E-state index is 12.7. The molecule has 1 aliphatic rings. The molecule has 0 bridgehead atoms. The number of carbonyl (C=O) groups excluding carboxylic acids is 1. The number of nitrogens with zero attached hydrogens (tertiary/aromatic N) is 4. The molecule has 24 heavy (non-hydrogen) atoms. The Morgan fingerprint density at radius 3 is 2.79 bits per heavy atom. The molecule has 6 heteroatoms. The lowest BCUT2D eigenvalue weighted by Gasteiger charge is -2.34. The number of hydrogen-bond acceptors (Lipinski definition) is 3. The van der Waals surface area contributed by atoms with Gasteiger partial charge >= 0.3 is 0 Å². The Morgan fingerprint density at radius 1 is 1.12 bits per heavy atom. The van der Waals surface area contributed by atoms with E-state index < -0.39 is 0 Å². The van der Waals surface area contributed by atoms with Crippen LogP contribution in [0.3, 0.4) is 0 Å². The molecule has 2 aromatic heterocycles. The standard InChI is InChI=1S/C18H21N5O/c24-18(16-3-2-15-4-6-19-17(15)14-16)22-11-8-21(9-12-22)10-13-23-7-1-5-20-23/h1-7,14,19H,8-13H2. The highest BCUT2D eigenvalue weighted by atomic mass is 16.2. The third kappa shape index (κ3) is 3.05. The normalized spacial score (nSPS) is 15.9. The van der Waals surface area contributed by atoms with E-state index in [-0.39, 0.29) is 5.91 Å². The van der Waals surface area contributed by atoms with Crippen LogP contribution < -0.4 is 0 Å². The smallest absolute Gasteiger partial charge is 0.254 e. The maximum absolute atomic E-state index is 12.7. The van der Waals surface area contributed by atoms with Crippen molar-refractivity contribution in [2.24, 2.45) is 0 Å². The molecule has 0 radical (unpaired) electrons. The summed E-state index contributed by atoms with van der Waals surface area (Å²) in [6.07, 6.45) is 5.69. The highest BCUT2D eigenvalue weighted by Gasteiger charge is 2.22. The van der Waals surface area contributed by atoms with Crippen LogP contribution in [0.5, 0.6) is 0 Å². The lowest BCUT2D eigenvalue weighted by atomic mass is 10.1. The van der Waals surface area contributed by atoms with Gasteiger partial charge in [-0.15, -0.1) is 0 Å². The van der Waals surface area contributed by atoms with E-state index in [9.17, 15) is 4.79 Å². The molecule has 0 atom stereocenters. The predicted molar refractivity (Wildman–Crippen MR) is 92.9 cm³/mol. The number of aromatic amines is 1. The molecule has 3 aromatic rings. The van der Waals surface area contributed by atoms with Gasteiger partial charge in [0.15, 0.2) is 0 Å². The number of fused-ring (bicyclic) bond motifs is 1. The van der Waals surface area contributed by atoms with Gasteiger partial charge in [0.1, 0.15) is 0 Å². The Balaban J connectivity index is 1.33. The summed E-state index contributed by atoms with van der Waals surface area (Å²) in [4.78, 5) is 20.2. The van der Waals surface area contributed by atoms with Gasteiger partial charge in [0.25, 0.3) is 5.91 Å². The molecule has 6 nitrogen and oxygen atoms in total. The summed E-state index contributed by atoms with van der Waals surface area (Å²) in [5, 5.41) is 5.36. The van der Waals surface area contributed by atoms with Crippen LogP contribution >= 0.6 is 0 Å². The van der Waals surface area contributed by atoms with Crippen LogP contribution in [0.25, 0.3) is 10.9 Å². The van der Waals surface area contributed by atoms with Crippen LogP contribution in [0.1, 0.15) is 10.4 Å². The molecule has 1 aromatic carbocycles. The fourth-order valence-corrected chi connectivity index (χ4v) is 3.21. The number of nitrogens with one attached hydrogen (secondary N) is 1. The minimum absolute atomic E-state index is 0.123. The third-order valence-corrected chi connectivity index (χ3v) is 4.67. The Labute approximate surface area is 140 Å². The van der Waals surface area contributed by atoms with Crippen LogP contribution in [0, 0.1) is 0 Å². The average Bonchev–Trinajstić information content (AvgIpc) is 3.30. The lowest BCUT2D eigenvalue weighted by Crippen LogP contribution is -2.49. The van der Waals surface area contributed by atoms with Gasteiger partial charge in [-0.25, -0.2) is 0 Å². The van der Waals surface area contributed by atoms with Gasteiger partial charge < -0.3 is 9.88 Å². The number of aromatic nitrogens is 3. The number of amides is 1. The van der Waals surface area contributed by atoms with Gasteiger partial charge in [-0.2, -0.15) is 5.10 Å². The first-order valence-corrected chi connectivity index (χ1v) is 8.36. The topological polar surface area (TPSA) is 57.2 Å². The van der Waals surface area contributed by atoms with Gasteiger partial charge in [-0.3, -0.25) is 14.4 Å². The summed E-state index contributed by atoms with van der Waals surface area (Å²) >= 11 is 0. The minimum atomic E-state index is 0.123. The highest BCUT2D eigenvalue weighted by Crippen LogP contribution is 2.16. The summed E-state index contributed by atoms with van der Waals surface area (Å²) in [6.45, 7) is 5.25. The van der Waals surface area contributed by atoms with Gasteiger partial charge in [0.2, 0.25) is 0 Å². The molecule has 0 spiro atoms. The van der Waals surface area contributed by atoms with Gasteiger partial charge in [0.05, 0.1) is 6.54 Å². The zero-order valence-corrected chi connectivity index (χ0v) is 13.6. The molecule has 1 amide bonds. The zero-order valence-electron chi connectivity index (χ0n) is 13.6. The predicted octanol–water partition coefficient (Wildman–Crippen LogP) is 1.82. The largest absolute Gasteiger partial charge is 0.361 e. The van der Waals surface area contributed by atoms with E-state index in [1.807, 2.05) is 52.3 Å². The number of benzene rings is 1. The van der Waals surface area contributed by atoms with Crippen LogP contribution in [-0.4, -0.2) is 63.2 Å². The van der Waals surface area contributed by atoms with Crippen LogP contribution in [0.15, 0.2) is 48.9 Å². The van der Waals surface area contributed by atoms with E-state index in [4.69, 9.17) is 0 Å². The fourth-order valence-electron chi connectivity index (χ4n) is 3.21. The minimum Gasteiger partial charge on any atom is -0.361 e. The summed E-state index contributed by atoms with van der Waals surface area (Å²) in [6, 6.07) is 9.82. The second-order valence-corrected chi connectivity index (χ2v) is 6.18. The first-order valence-electron chi connectivity index (χ1n) is 8.36. The first kappa shape index (κ1) is 15.0. The number of rotatable bonds is 4. The van der Waals surface area contributed by atoms with Crippen molar-refractivity contribution in [1.82, 2.24) is 24.6 Å². The highest BCUT2D eigenvalue weighted by molar-refractivity contribution is 5.98. The van der Waals surface area contributed by atoms with Crippen LogP contribution in [0.2, 0.25) is 0 Å². The summed E-state index contributed by atoms with van der Waals surface area (Å²) in [5.74, 6) is 0.123. The van der Waals surface area contributed by atoms with Crippen molar-refractivity contribution in [2.45, 2.75) is 6.54 Å². The summed E-state index contributed by atoms with van der Waals surface area (Å²) < 4.78 is 1.95. The van der Waals surface area contributed by atoms with Crippen LogP contribution in [0.4, 0.5) is 0 Å². The van der Waals surface area contributed by atoms with E-state index >= 15 is 0 Å². The molecule has 0 unspecified atom stereocenters. The number of carbonyl (C=O) groups is 1.